The van der Waals surface area contributed by atoms with E-state index in [1.165, 1.54) is 24.8 Å². The molecule has 2 aromatic carbocycles. The Labute approximate surface area is 192 Å². The van der Waals surface area contributed by atoms with Crippen LogP contribution in [0.5, 0.6) is 0 Å². The molecule has 3 heterocycles. The summed E-state index contributed by atoms with van der Waals surface area (Å²) in [6.07, 6.45) is 5.70. The first-order chi connectivity index (χ1) is 15.8. The summed E-state index contributed by atoms with van der Waals surface area (Å²) in [5.41, 5.74) is 3.13. The second-order valence-electron chi connectivity index (χ2n) is 8.06. The number of thioether (sulfide) groups is 1. The van der Waals surface area contributed by atoms with E-state index in [0.717, 1.165) is 48.5 Å². The Morgan fingerprint density at radius 3 is 2.34 bits per heavy atom. The molecule has 164 valence electrons. The molecule has 2 aromatic heterocycles. The fraction of sp³-hybridized carbons (Fsp3) is 0.333. The zero-order valence-corrected chi connectivity index (χ0v) is 18.9. The Bertz CT molecular complexity index is 1120. The summed E-state index contributed by atoms with van der Waals surface area (Å²) in [4.78, 5) is 4.17. The number of likely N-dealkylation sites (tertiary alicyclic amines) is 1. The second-order valence-corrected chi connectivity index (χ2v) is 9.00. The van der Waals surface area contributed by atoms with Gasteiger partial charge in [-0.3, -0.25) is 4.90 Å². The van der Waals surface area contributed by atoms with E-state index in [9.17, 15) is 0 Å². The molecule has 5 rings (SSSR count). The molecule has 7 nitrogen and oxygen atoms in total. The Kier molecular flexibility index (Phi) is 6.60. The summed E-state index contributed by atoms with van der Waals surface area (Å²) in [7, 11) is 0. The Hall–Kier alpha value is -2.97. The number of para-hydroxylation sites is 1. The van der Waals surface area contributed by atoms with E-state index in [4.69, 9.17) is 0 Å². The third-order valence-corrected chi connectivity index (χ3v) is 6.67. The summed E-state index contributed by atoms with van der Waals surface area (Å²) in [5.74, 6) is 1.73. The van der Waals surface area contributed by atoms with E-state index in [1.54, 1.807) is 16.6 Å². The van der Waals surface area contributed by atoms with Crippen LogP contribution in [-0.2, 0) is 18.8 Å². The van der Waals surface area contributed by atoms with Gasteiger partial charge in [-0.05, 0) is 43.6 Å². The van der Waals surface area contributed by atoms with Crippen molar-refractivity contribution in [2.24, 2.45) is 0 Å². The summed E-state index contributed by atoms with van der Waals surface area (Å²) in [6, 6.07) is 20.5. The topological polar surface area (TPSA) is 64.7 Å². The third kappa shape index (κ3) is 5.08. The van der Waals surface area contributed by atoms with Crippen molar-refractivity contribution in [3.8, 4) is 5.69 Å². The molecule has 1 aliphatic heterocycles. The van der Waals surface area contributed by atoms with Gasteiger partial charge in [0.25, 0.3) is 0 Å². The molecule has 1 aliphatic rings. The Morgan fingerprint density at radius 2 is 1.56 bits per heavy atom. The molecule has 0 amide bonds. The first kappa shape index (κ1) is 20.9. The van der Waals surface area contributed by atoms with Crippen molar-refractivity contribution >= 4 is 11.8 Å². The fourth-order valence-electron chi connectivity index (χ4n) is 3.97. The van der Waals surface area contributed by atoms with Crippen molar-refractivity contribution in [3.05, 3.63) is 83.9 Å². The van der Waals surface area contributed by atoms with Gasteiger partial charge >= 0.3 is 0 Å². The monoisotopic (exact) mass is 445 g/mol. The van der Waals surface area contributed by atoms with Crippen LogP contribution < -0.4 is 0 Å². The minimum absolute atomic E-state index is 0.698. The number of nitrogens with zero attached hydrogens (tertiary/aromatic N) is 7. The highest BCUT2D eigenvalue weighted by molar-refractivity contribution is 7.98. The first-order valence-corrected chi connectivity index (χ1v) is 12.1. The molecule has 0 bridgehead atoms. The second kappa shape index (κ2) is 10.1. The van der Waals surface area contributed by atoms with Gasteiger partial charge in [0.15, 0.2) is 5.16 Å². The van der Waals surface area contributed by atoms with Gasteiger partial charge in [-0.1, -0.05) is 66.7 Å². The zero-order chi connectivity index (χ0) is 21.6. The lowest BCUT2D eigenvalue weighted by molar-refractivity contribution is 0.213. The predicted molar refractivity (Wildman–Crippen MR) is 126 cm³/mol. The average molecular weight is 446 g/mol. The molecular formula is C24H27N7S. The molecule has 0 unspecified atom stereocenters. The summed E-state index contributed by atoms with van der Waals surface area (Å²) in [5, 5.41) is 19.1. The van der Waals surface area contributed by atoms with Gasteiger partial charge in [0.2, 0.25) is 0 Å². The highest BCUT2D eigenvalue weighted by atomic mass is 32.2. The molecule has 0 atom stereocenters. The van der Waals surface area contributed by atoms with Gasteiger partial charge in [-0.25, -0.2) is 0 Å². The van der Waals surface area contributed by atoms with E-state index < -0.39 is 0 Å². The lowest BCUT2D eigenvalue weighted by Gasteiger charge is -2.26. The molecule has 0 aliphatic carbocycles. The van der Waals surface area contributed by atoms with Crippen LogP contribution in [0.4, 0.5) is 0 Å². The van der Waals surface area contributed by atoms with Crippen LogP contribution in [0.3, 0.4) is 0 Å². The van der Waals surface area contributed by atoms with Gasteiger partial charge in [-0.2, -0.15) is 15.0 Å². The Balaban J connectivity index is 1.33. The van der Waals surface area contributed by atoms with Gasteiger partial charge in [0.05, 0.1) is 30.7 Å². The maximum absolute atomic E-state index is 4.63. The molecule has 4 aromatic rings. The van der Waals surface area contributed by atoms with Crippen molar-refractivity contribution in [2.45, 2.75) is 43.3 Å². The summed E-state index contributed by atoms with van der Waals surface area (Å²) >= 11 is 1.67. The van der Waals surface area contributed by atoms with Crippen molar-refractivity contribution in [2.75, 3.05) is 13.1 Å². The number of rotatable bonds is 8. The maximum Gasteiger partial charge on any atom is 0.191 e. The number of benzene rings is 2. The zero-order valence-electron chi connectivity index (χ0n) is 18.0. The molecule has 0 N–H and O–H groups in total. The SMILES string of the molecule is c1ccc(Cn2c(CN3CCCCC3)nnc2SCc2cnn(-c3ccccc3)n2)cc1. The van der Waals surface area contributed by atoms with Crippen molar-refractivity contribution in [1.82, 2.24) is 34.7 Å². The van der Waals surface area contributed by atoms with E-state index in [-0.39, 0.29) is 0 Å². The highest BCUT2D eigenvalue weighted by Gasteiger charge is 2.18. The highest BCUT2D eigenvalue weighted by Crippen LogP contribution is 2.23. The standard InChI is InChI=1S/C24H27N7S/c1-4-10-20(11-5-1)17-30-23(18-29-14-8-3-9-15-29)26-27-24(30)32-19-21-16-25-31(28-21)22-12-6-2-7-13-22/h1-2,4-7,10-13,16H,3,8-9,14-15,17-19H2. The molecule has 1 fully saturated rings. The van der Waals surface area contributed by atoms with E-state index in [0.29, 0.717) is 5.75 Å². The number of aromatic nitrogens is 6. The van der Waals surface area contributed by atoms with Gasteiger partial charge in [0, 0.05) is 5.75 Å². The van der Waals surface area contributed by atoms with E-state index >= 15 is 0 Å². The molecule has 0 radical (unpaired) electrons. The van der Waals surface area contributed by atoms with Crippen LogP contribution in [0.2, 0.25) is 0 Å². The molecule has 8 heteroatoms. The van der Waals surface area contributed by atoms with Crippen LogP contribution in [0.1, 0.15) is 36.3 Å². The van der Waals surface area contributed by atoms with Crippen molar-refractivity contribution in [1.29, 1.82) is 0 Å². The molecule has 32 heavy (non-hydrogen) atoms. The third-order valence-electron chi connectivity index (χ3n) is 5.67. The van der Waals surface area contributed by atoms with E-state index in [1.807, 2.05) is 36.5 Å². The minimum atomic E-state index is 0.698. The largest absolute Gasteiger partial charge is 0.300 e. The number of piperidine rings is 1. The van der Waals surface area contributed by atoms with E-state index in [2.05, 4.69) is 60.2 Å². The quantitative estimate of drug-likeness (QED) is 0.379. The summed E-state index contributed by atoms with van der Waals surface area (Å²) < 4.78 is 2.26. The predicted octanol–water partition coefficient (Wildman–Crippen LogP) is 4.19. The number of hydrogen-bond donors (Lipinski definition) is 0. The Morgan fingerprint density at radius 1 is 0.812 bits per heavy atom. The van der Waals surface area contributed by atoms with Crippen LogP contribution in [0.25, 0.3) is 5.69 Å². The smallest absolute Gasteiger partial charge is 0.191 e. The normalized spacial score (nSPS) is 14.6. The van der Waals surface area contributed by atoms with Crippen LogP contribution in [0, 0.1) is 0 Å². The minimum Gasteiger partial charge on any atom is -0.300 e. The van der Waals surface area contributed by atoms with Crippen LogP contribution >= 0.6 is 11.8 Å². The lowest BCUT2D eigenvalue weighted by atomic mass is 10.1. The maximum atomic E-state index is 4.63. The molecule has 0 spiro atoms. The average Bonchev–Trinajstić information content (AvgIpc) is 3.47. The van der Waals surface area contributed by atoms with Gasteiger partial charge < -0.3 is 4.57 Å². The summed E-state index contributed by atoms with van der Waals surface area (Å²) in [6.45, 7) is 3.91. The van der Waals surface area contributed by atoms with Crippen LogP contribution in [0.15, 0.2) is 72.0 Å². The van der Waals surface area contributed by atoms with Crippen molar-refractivity contribution < 1.29 is 0 Å². The van der Waals surface area contributed by atoms with Gasteiger partial charge in [-0.15, -0.1) is 10.2 Å². The fourth-order valence-corrected chi connectivity index (χ4v) is 4.80. The molecular weight excluding hydrogens is 418 g/mol. The molecule has 1 saturated heterocycles. The molecule has 0 saturated carbocycles. The van der Waals surface area contributed by atoms with Gasteiger partial charge in [0.1, 0.15) is 5.82 Å². The lowest BCUT2D eigenvalue weighted by Crippen LogP contribution is -2.30. The van der Waals surface area contributed by atoms with Crippen molar-refractivity contribution in [3.63, 3.8) is 0 Å². The number of hydrogen-bond acceptors (Lipinski definition) is 6. The first-order valence-electron chi connectivity index (χ1n) is 11.1. The van der Waals surface area contributed by atoms with Crippen LogP contribution in [-0.4, -0.2) is 47.7 Å².